The quantitative estimate of drug-likeness (QED) is 0.750. The lowest BCUT2D eigenvalue weighted by Crippen LogP contribution is -2.49. The molecular formula is C16H20F3N3O4S. The first kappa shape index (κ1) is 19.9. The number of hydrogen-bond acceptors (Lipinski definition) is 4. The summed E-state index contributed by atoms with van der Waals surface area (Å²) in [5, 5.41) is 0. The Morgan fingerprint density at radius 1 is 1.22 bits per heavy atom. The topological polar surface area (TPSA) is 70.2 Å². The maximum atomic E-state index is 12.9. The third kappa shape index (κ3) is 4.04. The smallest absolute Gasteiger partial charge is 0.378 e. The molecule has 2 heterocycles. The number of halogens is 3. The van der Waals surface area contributed by atoms with E-state index in [0.29, 0.717) is 32.4 Å². The molecule has 0 N–H and O–H groups in total. The molecule has 7 nitrogen and oxygen atoms in total. The summed E-state index contributed by atoms with van der Waals surface area (Å²) in [6.07, 6.45) is -4.64. The largest absolute Gasteiger partial charge is 0.416 e. The van der Waals surface area contributed by atoms with Crippen molar-refractivity contribution < 1.29 is 31.1 Å². The monoisotopic (exact) mass is 407 g/mol. The molecule has 2 saturated heterocycles. The van der Waals surface area contributed by atoms with Gasteiger partial charge in [-0.05, 0) is 25.1 Å². The van der Waals surface area contributed by atoms with Gasteiger partial charge in [-0.25, -0.2) is 13.2 Å². The van der Waals surface area contributed by atoms with E-state index in [1.165, 1.54) is 4.90 Å². The molecule has 150 valence electrons. The number of alkyl halides is 3. The summed E-state index contributed by atoms with van der Waals surface area (Å²) in [6.45, 7) is 3.20. The number of carbonyl (C=O) groups excluding carboxylic acids is 1. The zero-order chi connectivity index (χ0) is 19.8. The molecule has 3 rings (SSSR count). The minimum atomic E-state index is -4.64. The van der Waals surface area contributed by atoms with Crippen molar-refractivity contribution >= 4 is 16.1 Å². The summed E-state index contributed by atoms with van der Waals surface area (Å²) in [4.78, 5) is 15.2. The van der Waals surface area contributed by atoms with Crippen LogP contribution < -0.4 is 0 Å². The van der Waals surface area contributed by atoms with Crippen LogP contribution in [0, 0.1) is 0 Å². The highest BCUT2D eigenvalue weighted by molar-refractivity contribution is 7.89. The van der Waals surface area contributed by atoms with E-state index in [9.17, 15) is 26.4 Å². The Morgan fingerprint density at radius 3 is 2.52 bits per heavy atom. The Bertz CT molecular complexity index is 809. The van der Waals surface area contributed by atoms with Crippen molar-refractivity contribution in [2.45, 2.75) is 24.0 Å². The van der Waals surface area contributed by atoms with Crippen LogP contribution in [0.1, 0.15) is 12.5 Å². The van der Waals surface area contributed by atoms with Gasteiger partial charge in [-0.15, -0.1) is 0 Å². The molecular weight excluding hydrogens is 387 g/mol. The molecule has 2 fully saturated rings. The summed E-state index contributed by atoms with van der Waals surface area (Å²) in [5.74, 6) is 0. The number of sulfonamides is 1. The molecule has 0 aromatic heterocycles. The second-order valence-corrected chi connectivity index (χ2v) is 8.45. The van der Waals surface area contributed by atoms with Gasteiger partial charge in [-0.3, -0.25) is 0 Å². The molecule has 0 spiro atoms. The lowest BCUT2D eigenvalue weighted by atomic mass is 10.2. The van der Waals surface area contributed by atoms with Crippen LogP contribution >= 0.6 is 0 Å². The van der Waals surface area contributed by atoms with Crippen LogP contribution in [-0.2, 0) is 20.9 Å². The molecule has 0 bridgehead atoms. The van der Waals surface area contributed by atoms with E-state index in [1.807, 2.05) is 0 Å². The summed E-state index contributed by atoms with van der Waals surface area (Å²) < 4.78 is 70.5. The van der Waals surface area contributed by atoms with E-state index in [-0.39, 0.29) is 25.3 Å². The van der Waals surface area contributed by atoms with Gasteiger partial charge in [0, 0.05) is 25.7 Å². The maximum absolute atomic E-state index is 12.9. The molecule has 0 aliphatic carbocycles. The Kier molecular flexibility index (Phi) is 5.37. The number of benzene rings is 1. The molecule has 2 aliphatic rings. The predicted octanol–water partition coefficient (Wildman–Crippen LogP) is 1.81. The van der Waals surface area contributed by atoms with E-state index in [1.54, 1.807) is 11.8 Å². The molecule has 27 heavy (non-hydrogen) atoms. The second-order valence-electron chi connectivity index (χ2n) is 6.51. The first-order chi connectivity index (χ1) is 12.6. The van der Waals surface area contributed by atoms with Crippen LogP contribution in [0.4, 0.5) is 18.0 Å². The number of nitrogens with zero attached hydrogens (tertiary/aromatic N) is 3. The lowest BCUT2D eigenvalue weighted by molar-refractivity contribution is -0.137. The zero-order valence-corrected chi connectivity index (χ0v) is 15.5. The minimum absolute atomic E-state index is 0.0225. The SMILES string of the molecule is C[C@H]1CN(S(=O)(=O)c2cccc(C(F)(F)F)c2)CN1C(=O)N1CCOCC1. The molecule has 2 amide bonds. The first-order valence-electron chi connectivity index (χ1n) is 8.41. The minimum Gasteiger partial charge on any atom is -0.378 e. The van der Waals surface area contributed by atoms with E-state index >= 15 is 0 Å². The number of rotatable bonds is 2. The number of morpholine rings is 1. The Labute approximate surface area is 155 Å². The van der Waals surface area contributed by atoms with E-state index in [0.717, 1.165) is 22.5 Å². The first-order valence-corrected chi connectivity index (χ1v) is 9.85. The molecule has 11 heteroatoms. The van der Waals surface area contributed by atoms with Crippen molar-refractivity contribution in [2.75, 3.05) is 39.5 Å². The van der Waals surface area contributed by atoms with Crippen molar-refractivity contribution in [3.8, 4) is 0 Å². The average Bonchev–Trinajstić information content (AvgIpc) is 3.04. The number of hydrogen-bond donors (Lipinski definition) is 0. The third-order valence-electron chi connectivity index (χ3n) is 4.64. The van der Waals surface area contributed by atoms with Gasteiger partial charge in [0.1, 0.15) is 0 Å². The highest BCUT2D eigenvalue weighted by Crippen LogP contribution is 2.32. The fourth-order valence-electron chi connectivity index (χ4n) is 3.10. The summed E-state index contributed by atoms with van der Waals surface area (Å²) >= 11 is 0. The van der Waals surface area contributed by atoms with Crippen LogP contribution in [-0.4, -0.2) is 74.1 Å². The average molecular weight is 407 g/mol. The van der Waals surface area contributed by atoms with Gasteiger partial charge >= 0.3 is 12.2 Å². The normalized spacial score (nSPS) is 22.3. The molecule has 1 atom stereocenters. The van der Waals surface area contributed by atoms with Gasteiger partial charge in [-0.1, -0.05) is 6.07 Å². The van der Waals surface area contributed by atoms with Crippen LogP contribution in [0.3, 0.4) is 0 Å². The van der Waals surface area contributed by atoms with Gasteiger partial charge in [0.15, 0.2) is 0 Å². The Balaban J connectivity index is 1.79. The van der Waals surface area contributed by atoms with Crippen LogP contribution in [0.15, 0.2) is 29.2 Å². The molecule has 1 aromatic rings. The summed E-state index contributed by atoms with van der Waals surface area (Å²) in [5.41, 5.74) is -1.03. The second kappa shape index (κ2) is 7.28. The van der Waals surface area contributed by atoms with Crippen molar-refractivity contribution in [2.24, 2.45) is 0 Å². The van der Waals surface area contributed by atoms with Gasteiger partial charge in [0.05, 0.1) is 30.3 Å². The number of amides is 2. The highest BCUT2D eigenvalue weighted by atomic mass is 32.2. The molecule has 0 saturated carbocycles. The molecule has 0 radical (unpaired) electrons. The van der Waals surface area contributed by atoms with Crippen molar-refractivity contribution in [1.29, 1.82) is 0 Å². The van der Waals surface area contributed by atoms with Gasteiger partial charge in [0.25, 0.3) is 0 Å². The highest BCUT2D eigenvalue weighted by Gasteiger charge is 2.40. The maximum Gasteiger partial charge on any atom is 0.416 e. The Hall–Kier alpha value is -1.85. The fourth-order valence-corrected chi connectivity index (χ4v) is 4.61. The summed E-state index contributed by atoms with van der Waals surface area (Å²) in [7, 11) is -4.16. The Morgan fingerprint density at radius 2 is 1.89 bits per heavy atom. The zero-order valence-electron chi connectivity index (χ0n) is 14.6. The van der Waals surface area contributed by atoms with E-state index < -0.39 is 26.7 Å². The molecule has 2 aliphatic heterocycles. The number of carbonyl (C=O) groups is 1. The van der Waals surface area contributed by atoms with Crippen LogP contribution in [0.5, 0.6) is 0 Å². The van der Waals surface area contributed by atoms with Crippen molar-refractivity contribution in [1.82, 2.24) is 14.1 Å². The predicted molar refractivity (Wildman–Crippen MR) is 89.3 cm³/mol. The molecule has 1 aromatic carbocycles. The number of urea groups is 1. The van der Waals surface area contributed by atoms with Crippen molar-refractivity contribution in [3.63, 3.8) is 0 Å². The van der Waals surface area contributed by atoms with E-state index in [4.69, 9.17) is 4.74 Å². The summed E-state index contributed by atoms with van der Waals surface area (Å²) in [6, 6.07) is 2.94. The van der Waals surface area contributed by atoms with E-state index in [2.05, 4.69) is 0 Å². The van der Waals surface area contributed by atoms with Gasteiger partial charge in [0.2, 0.25) is 10.0 Å². The van der Waals surface area contributed by atoms with Crippen LogP contribution in [0.25, 0.3) is 0 Å². The standard InChI is InChI=1S/C16H20F3N3O4S/c1-12-10-21(11-22(12)15(23)20-5-7-26-8-6-20)27(24,25)14-4-2-3-13(9-14)16(17,18)19/h2-4,9,12H,5-8,10-11H2,1H3/t12-/m0/s1. The molecule has 0 unspecified atom stereocenters. The number of ether oxygens (including phenoxy) is 1. The van der Waals surface area contributed by atoms with Crippen LogP contribution in [0.2, 0.25) is 0 Å². The van der Waals surface area contributed by atoms with Gasteiger partial charge < -0.3 is 14.5 Å². The fraction of sp³-hybridized carbons (Fsp3) is 0.562. The van der Waals surface area contributed by atoms with Gasteiger partial charge in [-0.2, -0.15) is 17.5 Å². The lowest BCUT2D eigenvalue weighted by Gasteiger charge is -2.32. The third-order valence-corrected chi connectivity index (χ3v) is 6.43. The van der Waals surface area contributed by atoms with Crippen molar-refractivity contribution in [3.05, 3.63) is 29.8 Å².